The molecule has 2 rings (SSSR count). The van der Waals surface area contributed by atoms with Gasteiger partial charge in [-0.1, -0.05) is 0 Å². The van der Waals surface area contributed by atoms with E-state index >= 15 is 0 Å². The maximum Gasteiger partial charge on any atom is 0.263 e. The van der Waals surface area contributed by atoms with E-state index in [9.17, 15) is 4.79 Å². The molecule has 0 bridgehead atoms. The van der Waals surface area contributed by atoms with Gasteiger partial charge < -0.3 is 21.7 Å². The van der Waals surface area contributed by atoms with Crippen LogP contribution in [0.2, 0.25) is 0 Å². The molecular formula is C12H20N4OS. The Hall–Kier alpha value is -1.27. The summed E-state index contributed by atoms with van der Waals surface area (Å²) >= 11 is 1.43. The molecule has 0 spiro atoms. The van der Waals surface area contributed by atoms with Gasteiger partial charge in [0.2, 0.25) is 0 Å². The highest BCUT2D eigenvalue weighted by Gasteiger charge is 2.17. The third-order valence-corrected chi connectivity index (χ3v) is 4.07. The lowest BCUT2D eigenvalue weighted by molar-refractivity contribution is 0.0960. The van der Waals surface area contributed by atoms with Crippen molar-refractivity contribution < 1.29 is 4.79 Å². The molecule has 1 aromatic rings. The van der Waals surface area contributed by atoms with E-state index in [1.807, 2.05) is 13.0 Å². The van der Waals surface area contributed by atoms with Crippen molar-refractivity contribution >= 4 is 27.9 Å². The first-order valence-corrected chi connectivity index (χ1v) is 7.17. The maximum absolute atomic E-state index is 11.8. The van der Waals surface area contributed by atoms with Gasteiger partial charge in [0.25, 0.3) is 5.91 Å². The van der Waals surface area contributed by atoms with E-state index in [2.05, 4.69) is 16.0 Å². The summed E-state index contributed by atoms with van der Waals surface area (Å²) in [4.78, 5) is 12.4. The van der Waals surface area contributed by atoms with E-state index in [-0.39, 0.29) is 5.91 Å². The molecular weight excluding hydrogens is 248 g/mol. The zero-order valence-electron chi connectivity index (χ0n) is 10.6. The molecule has 0 unspecified atom stereocenters. The fraction of sp³-hybridized carbons (Fsp3) is 0.583. The van der Waals surface area contributed by atoms with E-state index in [4.69, 9.17) is 5.73 Å². The van der Waals surface area contributed by atoms with Crippen molar-refractivity contribution in [3.63, 3.8) is 0 Å². The van der Waals surface area contributed by atoms with E-state index in [0.29, 0.717) is 23.2 Å². The number of hydrogen-bond acceptors (Lipinski definition) is 5. The van der Waals surface area contributed by atoms with Crippen molar-refractivity contribution in [3.8, 4) is 0 Å². The molecule has 0 saturated carbocycles. The number of carbonyl (C=O) groups is 1. The molecule has 1 amide bonds. The Balaban J connectivity index is 2.01. The smallest absolute Gasteiger partial charge is 0.263 e. The summed E-state index contributed by atoms with van der Waals surface area (Å²) in [5.74, 6) is -0.0849. The van der Waals surface area contributed by atoms with Crippen molar-refractivity contribution in [2.45, 2.75) is 25.8 Å². The topological polar surface area (TPSA) is 79.2 Å². The van der Waals surface area contributed by atoms with Gasteiger partial charge in [-0.2, -0.15) is 0 Å². The standard InChI is InChI=1S/C12H20N4OS/c1-2-15-12(17)11-9(13)7-10(18-11)16-8-3-5-14-6-4-8/h7-8,14,16H,2-6,13H2,1H3,(H,15,17). The summed E-state index contributed by atoms with van der Waals surface area (Å²) in [6.07, 6.45) is 2.21. The van der Waals surface area contributed by atoms with Crippen LogP contribution in [-0.2, 0) is 0 Å². The van der Waals surface area contributed by atoms with Gasteiger partial charge >= 0.3 is 0 Å². The van der Waals surface area contributed by atoms with E-state index in [1.54, 1.807) is 0 Å². The number of hydrogen-bond donors (Lipinski definition) is 4. The predicted octanol–water partition coefficient (Wildman–Crippen LogP) is 1.24. The summed E-state index contributed by atoms with van der Waals surface area (Å²) in [5, 5.41) is 10.5. The maximum atomic E-state index is 11.8. The highest BCUT2D eigenvalue weighted by atomic mass is 32.1. The third kappa shape index (κ3) is 3.14. The number of carbonyl (C=O) groups excluding carboxylic acids is 1. The second-order valence-corrected chi connectivity index (χ2v) is 5.48. The minimum Gasteiger partial charge on any atom is -0.397 e. The summed E-state index contributed by atoms with van der Waals surface area (Å²) in [6.45, 7) is 4.60. The first-order chi connectivity index (χ1) is 8.70. The molecule has 1 aliphatic rings. The van der Waals surface area contributed by atoms with E-state index < -0.39 is 0 Å². The van der Waals surface area contributed by atoms with Crippen LogP contribution in [0.3, 0.4) is 0 Å². The minimum absolute atomic E-state index is 0.0849. The second kappa shape index (κ2) is 6.06. The highest BCUT2D eigenvalue weighted by Crippen LogP contribution is 2.30. The molecule has 100 valence electrons. The summed E-state index contributed by atoms with van der Waals surface area (Å²) in [5.41, 5.74) is 6.43. The van der Waals surface area contributed by atoms with Gasteiger partial charge in [0.1, 0.15) is 4.88 Å². The lowest BCUT2D eigenvalue weighted by Crippen LogP contribution is -2.35. The molecule has 0 aromatic carbocycles. The molecule has 1 aromatic heterocycles. The van der Waals surface area contributed by atoms with Gasteiger partial charge in [0.15, 0.2) is 0 Å². The Labute approximate surface area is 111 Å². The molecule has 2 heterocycles. The van der Waals surface area contributed by atoms with Crippen LogP contribution < -0.4 is 21.7 Å². The van der Waals surface area contributed by atoms with Crippen LogP contribution in [-0.4, -0.2) is 31.6 Å². The minimum atomic E-state index is -0.0849. The Bertz CT molecular complexity index is 412. The van der Waals surface area contributed by atoms with Crippen molar-refractivity contribution in [3.05, 3.63) is 10.9 Å². The molecule has 6 heteroatoms. The molecule has 5 nitrogen and oxygen atoms in total. The molecule has 5 N–H and O–H groups in total. The normalized spacial score (nSPS) is 16.5. The molecule has 0 radical (unpaired) electrons. The Morgan fingerprint density at radius 3 is 2.94 bits per heavy atom. The summed E-state index contributed by atoms with van der Waals surface area (Å²) in [7, 11) is 0. The quantitative estimate of drug-likeness (QED) is 0.662. The fourth-order valence-corrected chi connectivity index (χ4v) is 3.04. The van der Waals surface area contributed by atoms with Crippen molar-refractivity contribution in [1.82, 2.24) is 10.6 Å². The third-order valence-electron chi connectivity index (χ3n) is 2.99. The number of nitrogens with two attached hydrogens (primary N) is 1. The highest BCUT2D eigenvalue weighted by molar-refractivity contribution is 7.18. The first kappa shape index (κ1) is 13.2. The van der Waals surface area contributed by atoms with Crippen molar-refractivity contribution in [2.24, 2.45) is 0 Å². The fourth-order valence-electron chi connectivity index (χ4n) is 2.06. The van der Waals surface area contributed by atoms with E-state index in [1.165, 1.54) is 11.3 Å². The number of nitrogen functional groups attached to an aromatic ring is 1. The van der Waals surface area contributed by atoms with Gasteiger partial charge in [-0.15, -0.1) is 11.3 Å². The molecule has 18 heavy (non-hydrogen) atoms. The second-order valence-electron chi connectivity index (χ2n) is 4.42. The van der Waals surface area contributed by atoms with Crippen LogP contribution in [0.1, 0.15) is 29.4 Å². The lowest BCUT2D eigenvalue weighted by Gasteiger charge is -2.23. The van der Waals surface area contributed by atoms with Crippen LogP contribution in [0.25, 0.3) is 0 Å². The monoisotopic (exact) mass is 268 g/mol. The average molecular weight is 268 g/mol. The van der Waals surface area contributed by atoms with Gasteiger partial charge in [0, 0.05) is 12.6 Å². The number of amides is 1. The Morgan fingerprint density at radius 2 is 2.28 bits per heavy atom. The zero-order chi connectivity index (χ0) is 13.0. The van der Waals surface area contributed by atoms with Crippen molar-refractivity contribution in [2.75, 3.05) is 30.7 Å². The van der Waals surface area contributed by atoms with Crippen LogP contribution in [0.4, 0.5) is 10.7 Å². The number of piperidine rings is 1. The van der Waals surface area contributed by atoms with E-state index in [0.717, 1.165) is 30.9 Å². The van der Waals surface area contributed by atoms with Crippen LogP contribution in [0.15, 0.2) is 6.07 Å². The molecule has 1 saturated heterocycles. The Morgan fingerprint density at radius 1 is 1.56 bits per heavy atom. The molecule has 0 atom stereocenters. The average Bonchev–Trinajstić information content (AvgIpc) is 2.72. The Kier molecular flexibility index (Phi) is 4.43. The van der Waals surface area contributed by atoms with Crippen LogP contribution in [0, 0.1) is 0 Å². The lowest BCUT2D eigenvalue weighted by atomic mass is 10.1. The SMILES string of the molecule is CCNC(=O)c1sc(NC2CCNCC2)cc1N. The number of anilines is 2. The number of thiophene rings is 1. The summed E-state index contributed by atoms with van der Waals surface area (Å²) < 4.78 is 0. The van der Waals surface area contributed by atoms with Crippen LogP contribution >= 0.6 is 11.3 Å². The number of nitrogens with one attached hydrogen (secondary N) is 3. The first-order valence-electron chi connectivity index (χ1n) is 6.35. The van der Waals surface area contributed by atoms with Gasteiger partial charge in [-0.3, -0.25) is 4.79 Å². The zero-order valence-corrected chi connectivity index (χ0v) is 11.4. The predicted molar refractivity (Wildman–Crippen MR) is 76.3 cm³/mol. The van der Waals surface area contributed by atoms with Crippen LogP contribution in [0.5, 0.6) is 0 Å². The van der Waals surface area contributed by atoms with Crippen molar-refractivity contribution in [1.29, 1.82) is 0 Å². The van der Waals surface area contributed by atoms with Gasteiger partial charge in [-0.25, -0.2) is 0 Å². The largest absolute Gasteiger partial charge is 0.397 e. The number of rotatable bonds is 4. The molecule has 0 aliphatic carbocycles. The molecule has 1 aliphatic heterocycles. The van der Waals surface area contributed by atoms with Gasteiger partial charge in [0.05, 0.1) is 10.7 Å². The van der Waals surface area contributed by atoms with Gasteiger partial charge in [-0.05, 0) is 38.9 Å². The summed E-state index contributed by atoms with van der Waals surface area (Å²) in [6, 6.07) is 2.34. The molecule has 1 fully saturated rings.